The first-order valence-corrected chi connectivity index (χ1v) is 4.40. The maximum absolute atomic E-state index is 10.0. The number of hydrogen-bond acceptors (Lipinski definition) is 2. The van der Waals surface area contributed by atoms with E-state index in [9.17, 15) is 4.79 Å². The molecule has 1 rings (SSSR count). The van der Waals surface area contributed by atoms with Crippen molar-refractivity contribution in [3.8, 4) is 0 Å². The summed E-state index contributed by atoms with van der Waals surface area (Å²) in [6.07, 6.45) is 5.01. The Kier molecular flexibility index (Phi) is 3.50. The van der Waals surface area contributed by atoms with Crippen molar-refractivity contribution in [3.05, 3.63) is 35.8 Å². The van der Waals surface area contributed by atoms with Gasteiger partial charge in [0.2, 0.25) is 0 Å². The summed E-state index contributed by atoms with van der Waals surface area (Å²) in [5.74, 6) is 2.25. The lowest BCUT2D eigenvalue weighted by Crippen LogP contribution is -1.88. The number of aryl methyl sites for hydroxylation is 1. The predicted molar refractivity (Wildman–Crippen MR) is 51.7 cm³/mol. The third kappa shape index (κ3) is 2.90. The Morgan fingerprint density at radius 2 is 2.31 bits per heavy atom. The smallest absolute Gasteiger partial charge is 0.142 e. The molecule has 0 saturated heterocycles. The number of furan rings is 1. The summed E-state index contributed by atoms with van der Waals surface area (Å²) in [6, 6.07) is 3.93. The molecule has 0 aliphatic heterocycles. The first-order valence-electron chi connectivity index (χ1n) is 4.40. The van der Waals surface area contributed by atoms with Crippen LogP contribution in [0.5, 0.6) is 0 Å². The number of rotatable bonds is 4. The lowest BCUT2D eigenvalue weighted by atomic mass is 10.1. The summed E-state index contributed by atoms with van der Waals surface area (Å²) in [6.45, 7) is 4.00. The van der Waals surface area contributed by atoms with Crippen molar-refractivity contribution >= 4 is 6.29 Å². The van der Waals surface area contributed by atoms with Gasteiger partial charge in [0, 0.05) is 5.92 Å². The zero-order valence-corrected chi connectivity index (χ0v) is 7.99. The molecule has 0 aromatic carbocycles. The van der Waals surface area contributed by atoms with Gasteiger partial charge in [-0.15, -0.1) is 0 Å². The summed E-state index contributed by atoms with van der Waals surface area (Å²) in [5.41, 5.74) is 0. The van der Waals surface area contributed by atoms with E-state index in [-0.39, 0.29) is 0 Å². The Balaban J connectivity index is 2.53. The van der Waals surface area contributed by atoms with Crippen LogP contribution in [0.25, 0.3) is 0 Å². The van der Waals surface area contributed by atoms with Crippen LogP contribution in [-0.2, 0) is 4.79 Å². The van der Waals surface area contributed by atoms with E-state index in [0.717, 1.165) is 24.2 Å². The minimum absolute atomic E-state index is 0.338. The van der Waals surface area contributed by atoms with Crippen LogP contribution in [0.1, 0.15) is 30.8 Å². The second kappa shape index (κ2) is 4.65. The van der Waals surface area contributed by atoms with E-state index in [1.54, 1.807) is 0 Å². The van der Waals surface area contributed by atoms with Crippen LogP contribution < -0.4 is 0 Å². The summed E-state index contributed by atoms with van der Waals surface area (Å²) in [5, 5.41) is 0. The van der Waals surface area contributed by atoms with Crippen molar-refractivity contribution in [2.75, 3.05) is 0 Å². The highest BCUT2D eigenvalue weighted by Crippen LogP contribution is 2.21. The number of carbonyl (C=O) groups excluding carboxylic acids is 1. The number of hydrogen-bond donors (Lipinski definition) is 0. The topological polar surface area (TPSA) is 30.2 Å². The van der Waals surface area contributed by atoms with E-state index in [2.05, 4.69) is 6.92 Å². The van der Waals surface area contributed by atoms with Crippen LogP contribution in [0.3, 0.4) is 0 Å². The molecule has 2 heteroatoms. The van der Waals surface area contributed by atoms with E-state index in [0.29, 0.717) is 5.92 Å². The Labute approximate surface area is 78.3 Å². The van der Waals surface area contributed by atoms with Crippen LogP contribution >= 0.6 is 0 Å². The van der Waals surface area contributed by atoms with Crippen LogP contribution in [0.15, 0.2) is 28.7 Å². The molecule has 13 heavy (non-hydrogen) atoms. The quantitative estimate of drug-likeness (QED) is 0.524. The highest BCUT2D eigenvalue weighted by Gasteiger charge is 2.06. The van der Waals surface area contributed by atoms with Gasteiger partial charge < -0.3 is 4.42 Å². The molecular formula is C11H14O2. The molecule has 1 aromatic heterocycles. The molecule has 0 aliphatic carbocycles. The lowest BCUT2D eigenvalue weighted by molar-refractivity contribution is -0.104. The SMILES string of the molecule is Cc1ccc(C(C)C/C=C/C=O)o1. The lowest BCUT2D eigenvalue weighted by Gasteiger charge is -2.03. The average Bonchev–Trinajstić information content (AvgIpc) is 2.52. The molecule has 0 radical (unpaired) electrons. The molecule has 1 heterocycles. The third-order valence-corrected chi connectivity index (χ3v) is 1.95. The maximum atomic E-state index is 10.0. The van der Waals surface area contributed by atoms with Crippen molar-refractivity contribution in [3.63, 3.8) is 0 Å². The van der Waals surface area contributed by atoms with Gasteiger partial charge in [-0.3, -0.25) is 4.79 Å². The normalized spacial score (nSPS) is 13.4. The number of aldehydes is 1. The van der Waals surface area contributed by atoms with Crippen molar-refractivity contribution in [2.45, 2.75) is 26.2 Å². The zero-order valence-electron chi connectivity index (χ0n) is 7.99. The highest BCUT2D eigenvalue weighted by atomic mass is 16.3. The molecule has 1 aromatic rings. The van der Waals surface area contributed by atoms with E-state index in [4.69, 9.17) is 4.42 Å². The Hall–Kier alpha value is -1.31. The van der Waals surface area contributed by atoms with Gasteiger partial charge in [-0.05, 0) is 31.6 Å². The molecule has 70 valence electrons. The fourth-order valence-corrected chi connectivity index (χ4v) is 1.17. The second-order valence-corrected chi connectivity index (χ2v) is 3.15. The molecular weight excluding hydrogens is 164 g/mol. The molecule has 0 amide bonds. The summed E-state index contributed by atoms with van der Waals surface area (Å²) in [7, 11) is 0. The van der Waals surface area contributed by atoms with Gasteiger partial charge in [0.05, 0.1) is 0 Å². The van der Waals surface area contributed by atoms with E-state index in [1.807, 2.05) is 25.1 Å². The first-order chi connectivity index (χ1) is 6.24. The Bertz CT molecular complexity index is 297. The molecule has 0 fully saturated rings. The minimum atomic E-state index is 0.338. The molecule has 2 nitrogen and oxygen atoms in total. The van der Waals surface area contributed by atoms with E-state index >= 15 is 0 Å². The van der Waals surface area contributed by atoms with Crippen LogP contribution in [-0.4, -0.2) is 6.29 Å². The highest BCUT2D eigenvalue weighted by molar-refractivity contribution is 5.64. The van der Waals surface area contributed by atoms with Gasteiger partial charge in [-0.1, -0.05) is 13.0 Å². The average molecular weight is 178 g/mol. The van der Waals surface area contributed by atoms with Crippen molar-refractivity contribution in [2.24, 2.45) is 0 Å². The molecule has 0 N–H and O–H groups in total. The standard InChI is InChI=1S/C11H14O2/c1-9(5-3-4-8-12)11-7-6-10(2)13-11/h3-4,6-9H,5H2,1-2H3/b4-3+. The molecule has 0 saturated carbocycles. The Morgan fingerprint density at radius 3 is 2.85 bits per heavy atom. The van der Waals surface area contributed by atoms with Gasteiger partial charge in [0.15, 0.2) is 0 Å². The molecule has 0 aliphatic rings. The van der Waals surface area contributed by atoms with Gasteiger partial charge in [0.1, 0.15) is 17.8 Å². The van der Waals surface area contributed by atoms with Crippen molar-refractivity contribution in [1.29, 1.82) is 0 Å². The van der Waals surface area contributed by atoms with Crippen molar-refractivity contribution in [1.82, 2.24) is 0 Å². The second-order valence-electron chi connectivity index (χ2n) is 3.15. The fourth-order valence-electron chi connectivity index (χ4n) is 1.17. The van der Waals surface area contributed by atoms with Gasteiger partial charge in [-0.25, -0.2) is 0 Å². The molecule has 0 bridgehead atoms. The summed E-state index contributed by atoms with van der Waals surface area (Å²) in [4.78, 5) is 10.0. The van der Waals surface area contributed by atoms with Gasteiger partial charge >= 0.3 is 0 Å². The van der Waals surface area contributed by atoms with Crippen LogP contribution in [0.2, 0.25) is 0 Å². The Morgan fingerprint density at radius 1 is 1.54 bits per heavy atom. The van der Waals surface area contributed by atoms with E-state index in [1.165, 1.54) is 6.08 Å². The van der Waals surface area contributed by atoms with Crippen LogP contribution in [0.4, 0.5) is 0 Å². The van der Waals surface area contributed by atoms with Gasteiger partial charge in [0.25, 0.3) is 0 Å². The molecule has 1 atom stereocenters. The molecule has 0 spiro atoms. The monoisotopic (exact) mass is 178 g/mol. The minimum Gasteiger partial charge on any atom is -0.466 e. The van der Waals surface area contributed by atoms with Crippen molar-refractivity contribution < 1.29 is 9.21 Å². The fraction of sp³-hybridized carbons (Fsp3) is 0.364. The first kappa shape index (κ1) is 9.78. The van der Waals surface area contributed by atoms with Gasteiger partial charge in [-0.2, -0.15) is 0 Å². The largest absolute Gasteiger partial charge is 0.466 e. The zero-order chi connectivity index (χ0) is 9.68. The maximum Gasteiger partial charge on any atom is 0.142 e. The summed E-state index contributed by atoms with van der Waals surface area (Å²) < 4.78 is 5.45. The molecule has 1 unspecified atom stereocenters. The summed E-state index contributed by atoms with van der Waals surface area (Å²) >= 11 is 0. The third-order valence-electron chi connectivity index (χ3n) is 1.95. The number of allylic oxidation sites excluding steroid dienone is 2. The van der Waals surface area contributed by atoms with Crippen LogP contribution in [0, 0.1) is 6.92 Å². The van der Waals surface area contributed by atoms with E-state index < -0.39 is 0 Å². The predicted octanol–water partition coefficient (Wildman–Crippen LogP) is 2.84. The number of carbonyl (C=O) groups is 1.